The van der Waals surface area contributed by atoms with Crippen LogP contribution in [0.25, 0.3) is 16.5 Å². The molecule has 6 heteroatoms. The molecular weight excluding hydrogens is 282 g/mol. The van der Waals surface area contributed by atoms with Crippen molar-refractivity contribution in [3.05, 3.63) is 75.8 Å². The second-order valence-corrected chi connectivity index (χ2v) is 4.34. The molecule has 2 rings (SSSR count). The lowest BCUT2D eigenvalue weighted by molar-refractivity contribution is 0.103. The van der Waals surface area contributed by atoms with E-state index in [4.69, 9.17) is 10.3 Å². The number of ketones is 1. The van der Waals surface area contributed by atoms with Crippen molar-refractivity contribution >= 4 is 11.9 Å². The number of carbonyl (C=O) groups is 1. The number of phenolic OH excluding ortho intramolecular Hbond substituents is 1. The maximum Gasteiger partial charge on any atom is 0.199 e. The van der Waals surface area contributed by atoms with Crippen molar-refractivity contribution in [2.45, 2.75) is 0 Å². The van der Waals surface area contributed by atoms with E-state index in [-0.39, 0.29) is 17.0 Å². The maximum atomic E-state index is 12.4. The van der Waals surface area contributed by atoms with Gasteiger partial charge < -0.3 is 9.84 Å². The van der Waals surface area contributed by atoms with Gasteiger partial charge in [0.15, 0.2) is 5.78 Å². The SMILES string of the molecule is COc1ccc(/C=C(\N=[N+]=[N-])C(=O)c2ccccc2O)cc1. The molecule has 2 aromatic rings. The van der Waals surface area contributed by atoms with Crippen LogP contribution in [-0.2, 0) is 0 Å². The third-order valence-electron chi connectivity index (χ3n) is 2.95. The zero-order valence-corrected chi connectivity index (χ0v) is 11.8. The molecule has 0 amide bonds. The summed E-state index contributed by atoms with van der Waals surface area (Å²) >= 11 is 0. The molecule has 0 atom stereocenters. The summed E-state index contributed by atoms with van der Waals surface area (Å²) in [4.78, 5) is 15.0. The van der Waals surface area contributed by atoms with Gasteiger partial charge in [-0.1, -0.05) is 29.4 Å². The lowest BCUT2D eigenvalue weighted by Gasteiger charge is -2.04. The van der Waals surface area contributed by atoms with E-state index in [0.29, 0.717) is 11.3 Å². The summed E-state index contributed by atoms with van der Waals surface area (Å²) in [6.45, 7) is 0. The van der Waals surface area contributed by atoms with Gasteiger partial charge in [-0.3, -0.25) is 4.79 Å². The third kappa shape index (κ3) is 3.45. The van der Waals surface area contributed by atoms with E-state index in [1.165, 1.54) is 18.2 Å². The predicted octanol–water partition coefficient (Wildman–Crippen LogP) is 3.93. The number of carbonyl (C=O) groups excluding carboxylic acids is 1. The maximum absolute atomic E-state index is 12.4. The van der Waals surface area contributed by atoms with Gasteiger partial charge >= 0.3 is 0 Å². The lowest BCUT2D eigenvalue weighted by Crippen LogP contribution is -2.01. The summed E-state index contributed by atoms with van der Waals surface area (Å²) in [6, 6.07) is 13.0. The predicted molar refractivity (Wildman–Crippen MR) is 82.6 cm³/mol. The van der Waals surface area contributed by atoms with Crippen molar-refractivity contribution < 1.29 is 14.6 Å². The van der Waals surface area contributed by atoms with Crippen LogP contribution in [0.3, 0.4) is 0 Å². The molecule has 0 aliphatic heterocycles. The Hall–Kier alpha value is -3.24. The Balaban J connectivity index is 2.41. The van der Waals surface area contributed by atoms with Crippen molar-refractivity contribution in [1.29, 1.82) is 0 Å². The van der Waals surface area contributed by atoms with Crippen LogP contribution in [0.5, 0.6) is 11.5 Å². The summed E-state index contributed by atoms with van der Waals surface area (Å²) < 4.78 is 5.05. The topological polar surface area (TPSA) is 95.3 Å². The highest BCUT2D eigenvalue weighted by Crippen LogP contribution is 2.22. The number of Topliss-reactive ketones (excluding diaryl/α,β-unsaturated/α-hetero) is 1. The van der Waals surface area contributed by atoms with Crippen LogP contribution in [0, 0.1) is 0 Å². The summed E-state index contributed by atoms with van der Waals surface area (Å²) in [5.74, 6) is -0.0393. The van der Waals surface area contributed by atoms with Crippen LogP contribution in [0.15, 0.2) is 59.3 Å². The van der Waals surface area contributed by atoms with Gasteiger partial charge in [0, 0.05) is 4.91 Å². The molecule has 0 radical (unpaired) electrons. The summed E-state index contributed by atoms with van der Waals surface area (Å²) in [5, 5.41) is 13.2. The Morgan fingerprint density at radius 3 is 2.50 bits per heavy atom. The van der Waals surface area contributed by atoms with Gasteiger partial charge in [0.05, 0.1) is 18.4 Å². The Bertz CT molecular complexity index is 760. The normalized spacial score (nSPS) is 10.7. The number of para-hydroxylation sites is 1. The minimum atomic E-state index is -0.549. The van der Waals surface area contributed by atoms with Crippen LogP contribution in [0.4, 0.5) is 0 Å². The fourth-order valence-electron chi connectivity index (χ4n) is 1.85. The molecule has 6 nitrogen and oxygen atoms in total. The van der Waals surface area contributed by atoms with Crippen molar-refractivity contribution in [2.75, 3.05) is 7.11 Å². The van der Waals surface area contributed by atoms with E-state index in [0.717, 1.165) is 0 Å². The first-order valence-corrected chi connectivity index (χ1v) is 6.39. The Labute approximate surface area is 126 Å². The number of rotatable bonds is 5. The molecule has 0 aliphatic carbocycles. The molecule has 0 fully saturated rings. The minimum absolute atomic E-state index is 0.0784. The van der Waals surface area contributed by atoms with Crippen LogP contribution >= 0.6 is 0 Å². The average Bonchev–Trinajstić information content (AvgIpc) is 2.55. The number of benzene rings is 2. The molecule has 0 aliphatic rings. The molecule has 0 heterocycles. The fourth-order valence-corrected chi connectivity index (χ4v) is 1.85. The molecule has 0 bridgehead atoms. The Morgan fingerprint density at radius 2 is 1.91 bits per heavy atom. The van der Waals surface area contributed by atoms with Crippen molar-refractivity contribution in [1.82, 2.24) is 0 Å². The van der Waals surface area contributed by atoms with Gasteiger partial charge in [0.2, 0.25) is 0 Å². The lowest BCUT2D eigenvalue weighted by atomic mass is 10.1. The molecule has 110 valence electrons. The van der Waals surface area contributed by atoms with E-state index in [1.807, 2.05) is 0 Å². The quantitative estimate of drug-likeness (QED) is 0.297. The molecule has 0 saturated carbocycles. The number of hydrogen-bond donors (Lipinski definition) is 1. The number of allylic oxidation sites excluding steroid dienone is 1. The standard InChI is InChI=1S/C16H13N3O3/c1-22-12-8-6-11(7-9-12)10-14(18-19-17)16(21)13-4-2-3-5-15(13)20/h2-10,20H,1H3/b14-10-. The van der Waals surface area contributed by atoms with E-state index >= 15 is 0 Å². The highest BCUT2D eigenvalue weighted by Gasteiger charge is 2.14. The number of ether oxygens (including phenoxy) is 1. The number of aromatic hydroxyl groups is 1. The summed E-state index contributed by atoms with van der Waals surface area (Å²) in [7, 11) is 1.55. The Kier molecular flexibility index (Phi) is 4.80. The van der Waals surface area contributed by atoms with Crippen LogP contribution in [0.1, 0.15) is 15.9 Å². The van der Waals surface area contributed by atoms with Crippen molar-refractivity contribution in [2.24, 2.45) is 5.11 Å². The molecule has 0 unspecified atom stereocenters. The molecule has 1 N–H and O–H groups in total. The molecule has 0 saturated heterocycles. The second kappa shape index (κ2) is 6.97. The second-order valence-electron chi connectivity index (χ2n) is 4.34. The van der Waals surface area contributed by atoms with Crippen molar-refractivity contribution in [3.8, 4) is 11.5 Å². The number of hydrogen-bond acceptors (Lipinski definition) is 4. The average molecular weight is 295 g/mol. The smallest absolute Gasteiger partial charge is 0.199 e. The summed E-state index contributed by atoms with van der Waals surface area (Å²) in [6.07, 6.45) is 1.45. The first kappa shape index (κ1) is 15.2. The Morgan fingerprint density at radius 1 is 1.23 bits per heavy atom. The fraction of sp³-hybridized carbons (Fsp3) is 0.0625. The van der Waals surface area contributed by atoms with Crippen LogP contribution in [-0.4, -0.2) is 18.0 Å². The van der Waals surface area contributed by atoms with Crippen molar-refractivity contribution in [3.63, 3.8) is 0 Å². The van der Waals surface area contributed by atoms with E-state index in [1.54, 1.807) is 43.5 Å². The number of methoxy groups -OCH3 is 1. The monoisotopic (exact) mass is 295 g/mol. The van der Waals surface area contributed by atoms with Gasteiger partial charge in [0.1, 0.15) is 11.5 Å². The summed E-state index contributed by atoms with van der Waals surface area (Å²) in [5.41, 5.74) is 9.29. The molecule has 22 heavy (non-hydrogen) atoms. The van der Waals surface area contributed by atoms with Crippen LogP contribution in [0.2, 0.25) is 0 Å². The van der Waals surface area contributed by atoms with Gasteiger partial charge in [-0.15, -0.1) is 0 Å². The zero-order valence-electron chi connectivity index (χ0n) is 11.8. The number of phenols is 1. The van der Waals surface area contributed by atoms with Crippen LogP contribution < -0.4 is 4.74 Å². The van der Waals surface area contributed by atoms with Gasteiger partial charge in [-0.05, 0) is 41.4 Å². The van der Waals surface area contributed by atoms with E-state index in [2.05, 4.69) is 10.0 Å². The number of nitrogens with zero attached hydrogens (tertiary/aromatic N) is 3. The number of azide groups is 1. The zero-order chi connectivity index (χ0) is 15.9. The minimum Gasteiger partial charge on any atom is -0.507 e. The molecule has 0 aromatic heterocycles. The third-order valence-corrected chi connectivity index (χ3v) is 2.95. The highest BCUT2D eigenvalue weighted by molar-refractivity contribution is 6.12. The van der Waals surface area contributed by atoms with E-state index in [9.17, 15) is 9.90 Å². The molecule has 2 aromatic carbocycles. The highest BCUT2D eigenvalue weighted by atomic mass is 16.5. The first-order chi connectivity index (χ1) is 10.7. The van der Waals surface area contributed by atoms with Gasteiger partial charge in [-0.2, -0.15) is 0 Å². The van der Waals surface area contributed by atoms with E-state index < -0.39 is 5.78 Å². The van der Waals surface area contributed by atoms with Gasteiger partial charge in [0.25, 0.3) is 0 Å². The first-order valence-electron chi connectivity index (χ1n) is 6.39. The molecule has 0 spiro atoms. The van der Waals surface area contributed by atoms with Gasteiger partial charge in [-0.25, -0.2) is 0 Å². The molecular formula is C16H13N3O3. The largest absolute Gasteiger partial charge is 0.507 e.